The number of imide groups is 1. The summed E-state index contributed by atoms with van der Waals surface area (Å²) in [5, 5.41) is 3.64. The van der Waals surface area contributed by atoms with Crippen LogP contribution in [-0.4, -0.2) is 16.8 Å². The number of carbonyl (C=O) groups excluding carboxylic acids is 2. The summed E-state index contributed by atoms with van der Waals surface area (Å²) in [5.41, 5.74) is 2.38. The second-order valence-electron chi connectivity index (χ2n) is 11.2. The molecule has 0 bridgehead atoms. The van der Waals surface area contributed by atoms with Gasteiger partial charge in [0.1, 0.15) is 23.2 Å². The van der Waals surface area contributed by atoms with Crippen molar-refractivity contribution in [3.05, 3.63) is 92.7 Å². The molecule has 198 valence electrons. The molecule has 5 nitrogen and oxygen atoms in total. The van der Waals surface area contributed by atoms with Crippen LogP contribution in [0.25, 0.3) is 10.2 Å². The van der Waals surface area contributed by atoms with Crippen molar-refractivity contribution in [2.75, 3.05) is 0 Å². The Balaban J connectivity index is 1.52. The zero-order valence-electron chi connectivity index (χ0n) is 22.2. The number of amides is 2. The molecular weight excluding hydrogens is 523 g/mol. The number of nitrogens with zero attached hydrogens (tertiary/aromatic N) is 1. The molecule has 0 atom stereocenters. The fraction of sp³-hybridized carbons (Fsp3) is 0.300. The van der Waals surface area contributed by atoms with Crippen LogP contribution in [-0.2, 0) is 17.4 Å². The van der Waals surface area contributed by atoms with Crippen LogP contribution in [0.5, 0.6) is 5.75 Å². The van der Waals surface area contributed by atoms with Gasteiger partial charge in [0.15, 0.2) is 0 Å². The largest absolute Gasteiger partial charge is 0.486 e. The highest BCUT2D eigenvalue weighted by Gasteiger charge is 2.24. The molecule has 0 saturated carbocycles. The van der Waals surface area contributed by atoms with Crippen LogP contribution in [0.15, 0.2) is 54.6 Å². The molecule has 0 unspecified atom stereocenters. The molecule has 1 N–H and O–H groups in total. The lowest BCUT2D eigenvalue weighted by atomic mass is 9.79. The van der Waals surface area contributed by atoms with E-state index in [9.17, 15) is 14.0 Å². The number of fused-ring (bicyclic) bond motifs is 1. The molecule has 0 aliphatic carbocycles. The van der Waals surface area contributed by atoms with Gasteiger partial charge in [-0.1, -0.05) is 59.2 Å². The van der Waals surface area contributed by atoms with Gasteiger partial charge in [0.05, 0.1) is 15.8 Å². The molecule has 4 aromatic rings. The Kier molecular flexibility index (Phi) is 7.64. The number of halogens is 2. The Morgan fingerprint density at radius 2 is 1.58 bits per heavy atom. The summed E-state index contributed by atoms with van der Waals surface area (Å²) in [7, 11) is 0. The van der Waals surface area contributed by atoms with Crippen molar-refractivity contribution in [1.82, 2.24) is 10.3 Å². The lowest BCUT2D eigenvalue weighted by molar-refractivity contribution is 0.0846. The molecular formula is C30H30ClFN2O3S. The van der Waals surface area contributed by atoms with Crippen molar-refractivity contribution in [3.63, 3.8) is 0 Å². The summed E-state index contributed by atoms with van der Waals surface area (Å²) in [6, 6.07) is 15.0. The number of nitrogens with one attached hydrogen (secondary N) is 1. The van der Waals surface area contributed by atoms with Crippen LogP contribution < -0.4 is 10.1 Å². The van der Waals surface area contributed by atoms with Gasteiger partial charge in [0.2, 0.25) is 0 Å². The molecule has 4 rings (SSSR count). The summed E-state index contributed by atoms with van der Waals surface area (Å²) in [5.74, 6) is -1.90. The first-order chi connectivity index (χ1) is 17.7. The summed E-state index contributed by atoms with van der Waals surface area (Å²) < 4.78 is 21.3. The molecule has 0 aliphatic heterocycles. The predicted molar refractivity (Wildman–Crippen MR) is 151 cm³/mol. The number of hydrogen-bond acceptors (Lipinski definition) is 5. The van der Waals surface area contributed by atoms with E-state index < -0.39 is 17.6 Å². The highest BCUT2D eigenvalue weighted by atomic mass is 35.5. The first-order valence-corrected chi connectivity index (χ1v) is 13.4. The third kappa shape index (κ3) is 6.40. The van der Waals surface area contributed by atoms with Gasteiger partial charge in [0, 0.05) is 10.6 Å². The molecule has 0 radical (unpaired) electrons. The van der Waals surface area contributed by atoms with Crippen LogP contribution >= 0.6 is 22.9 Å². The third-order valence-corrected chi connectivity index (χ3v) is 7.34. The quantitative estimate of drug-likeness (QED) is 0.256. The minimum Gasteiger partial charge on any atom is -0.486 e. The molecule has 0 spiro atoms. The highest BCUT2D eigenvalue weighted by Crippen LogP contribution is 2.31. The van der Waals surface area contributed by atoms with Gasteiger partial charge in [-0.15, -0.1) is 11.3 Å². The fourth-order valence-electron chi connectivity index (χ4n) is 3.79. The lowest BCUT2D eigenvalue weighted by Crippen LogP contribution is -2.32. The fourth-order valence-corrected chi connectivity index (χ4v) is 4.82. The predicted octanol–water partition coefficient (Wildman–Crippen LogP) is 7.83. The van der Waals surface area contributed by atoms with E-state index in [-0.39, 0.29) is 28.7 Å². The van der Waals surface area contributed by atoms with Crippen LogP contribution in [0.1, 0.15) is 78.4 Å². The maximum absolute atomic E-state index is 14.6. The van der Waals surface area contributed by atoms with E-state index in [2.05, 4.69) is 57.9 Å². The maximum atomic E-state index is 14.6. The smallest absolute Gasteiger partial charge is 0.261 e. The van der Waals surface area contributed by atoms with E-state index in [1.54, 1.807) is 24.3 Å². The highest BCUT2D eigenvalue weighted by molar-refractivity contribution is 7.18. The first kappa shape index (κ1) is 27.7. The molecule has 0 aliphatic rings. The van der Waals surface area contributed by atoms with Crippen molar-refractivity contribution in [2.45, 2.75) is 59.0 Å². The van der Waals surface area contributed by atoms with Gasteiger partial charge in [-0.05, 0) is 70.5 Å². The average Bonchev–Trinajstić information content (AvgIpc) is 3.24. The van der Waals surface area contributed by atoms with Crippen molar-refractivity contribution in [2.24, 2.45) is 0 Å². The summed E-state index contributed by atoms with van der Waals surface area (Å²) in [6.07, 6.45) is 0. The minimum atomic E-state index is -0.842. The Bertz CT molecular complexity index is 1500. The zero-order valence-corrected chi connectivity index (χ0v) is 23.8. The summed E-state index contributed by atoms with van der Waals surface area (Å²) in [4.78, 5) is 30.5. The second kappa shape index (κ2) is 10.5. The van der Waals surface area contributed by atoms with Gasteiger partial charge >= 0.3 is 0 Å². The van der Waals surface area contributed by atoms with E-state index in [0.29, 0.717) is 15.6 Å². The number of carbonyl (C=O) groups is 2. The van der Waals surface area contributed by atoms with E-state index >= 15 is 0 Å². The number of ether oxygens (including phenoxy) is 1. The van der Waals surface area contributed by atoms with Crippen molar-refractivity contribution < 1.29 is 18.7 Å². The lowest BCUT2D eigenvalue weighted by Gasteiger charge is -2.26. The van der Waals surface area contributed by atoms with Crippen LogP contribution in [0, 0.1) is 5.82 Å². The number of hydrogen-bond donors (Lipinski definition) is 1. The van der Waals surface area contributed by atoms with Crippen molar-refractivity contribution in [3.8, 4) is 5.75 Å². The Hall–Kier alpha value is -3.29. The monoisotopic (exact) mass is 552 g/mol. The second-order valence-corrected chi connectivity index (χ2v) is 12.8. The number of rotatable bonds is 5. The Morgan fingerprint density at radius 3 is 2.21 bits per heavy atom. The number of thiazole rings is 1. The van der Waals surface area contributed by atoms with E-state index in [1.165, 1.54) is 23.5 Å². The molecule has 8 heteroatoms. The van der Waals surface area contributed by atoms with Gasteiger partial charge in [0.25, 0.3) is 11.8 Å². The van der Waals surface area contributed by atoms with Gasteiger partial charge < -0.3 is 4.74 Å². The van der Waals surface area contributed by atoms with Crippen molar-refractivity contribution >= 4 is 45.0 Å². The SMILES string of the molecule is CC(C)(C)c1cc(C(=O)NC(=O)c2cc(OCc3nc4cc(Cl)ccc4s3)ccc2F)cc(C(C)(C)C)c1. The summed E-state index contributed by atoms with van der Waals surface area (Å²) in [6.45, 7) is 12.5. The first-order valence-electron chi connectivity index (χ1n) is 12.2. The molecule has 1 heterocycles. The van der Waals surface area contributed by atoms with E-state index in [1.807, 2.05) is 6.07 Å². The van der Waals surface area contributed by atoms with Crippen molar-refractivity contribution in [1.29, 1.82) is 0 Å². The van der Waals surface area contributed by atoms with Crippen LogP contribution in [0.2, 0.25) is 5.02 Å². The number of aromatic nitrogens is 1. The average molecular weight is 553 g/mol. The van der Waals surface area contributed by atoms with E-state index in [0.717, 1.165) is 27.4 Å². The molecule has 0 fully saturated rings. The molecule has 38 heavy (non-hydrogen) atoms. The van der Waals surface area contributed by atoms with Gasteiger partial charge in [-0.3, -0.25) is 14.9 Å². The summed E-state index contributed by atoms with van der Waals surface area (Å²) >= 11 is 7.49. The Morgan fingerprint density at radius 1 is 0.921 bits per heavy atom. The number of benzene rings is 3. The molecule has 2 amide bonds. The molecule has 1 aromatic heterocycles. The van der Waals surface area contributed by atoms with Crippen LogP contribution in [0.3, 0.4) is 0 Å². The molecule has 0 saturated heterocycles. The third-order valence-electron chi connectivity index (χ3n) is 6.09. The van der Waals surface area contributed by atoms with Gasteiger partial charge in [-0.25, -0.2) is 9.37 Å². The van der Waals surface area contributed by atoms with Crippen LogP contribution in [0.4, 0.5) is 4.39 Å². The zero-order chi connectivity index (χ0) is 27.8. The topological polar surface area (TPSA) is 68.3 Å². The maximum Gasteiger partial charge on any atom is 0.261 e. The van der Waals surface area contributed by atoms with Gasteiger partial charge in [-0.2, -0.15) is 0 Å². The van der Waals surface area contributed by atoms with E-state index in [4.69, 9.17) is 16.3 Å². The normalized spacial score (nSPS) is 12.0. The molecule has 3 aromatic carbocycles. The standard InChI is InChI=1S/C30H30ClFN2O3S/c1-29(2,3)18-11-17(12-19(13-18)30(4,5)6)27(35)34-28(36)22-15-21(8-9-23(22)32)37-16-26-33-24-14-20(31)7-10-25(24)38-26/h7-15H,16H2,1-6H3,(H,34,35,36). The minimum absolute atomic E-state index is 0.137. The Labute approximate surface area is 231 Å².